The molecule has 84 valence electrons. The van der Waals surface area contributed by atoms with Gasteiger partial charge in [0.1, 0.15) is 6.10 Å². The van der Waals surface area contributed by atoms with Crippen LogP contribution in [0.25, 0.3) is 0 Å². The average molecular weight is 209 g/mol. The van der Waals surface area contributed by atoms with Gasteiger partial charge in [-0.2, -0.15) is 0 Å². The summed E-state index contributed by atoms with van der Waals surface area (Å²) >= 11 is 0. The molecular formula is C12H19NO2. The average Bonchev–Trinajstić information content (AvgIpc) is 2.29. The second-order valence-corrected chi connectivity index (χ2v) is 3.82. The highest BCUT2D eigenvalue weighted by Crippen LogP contribution is 2.15. The number of ether oxygens (including phenoxy) is 1. The number of terminal acetylenes is 1. The summed E-state index contributed by atoms with van der Waals surface area (Å²) in [5, 5.41) is 0. The molecule has 3 nitrogen and oxygen atoms in total. The molecule has 15 heavy (non-hydrogen) atoms. The van der Waals surface area contributed by atoms with Crippen molar-refractivity contribution in [2.75, 3.05) is 19.7 Å². The third-order valence-electron chi connectivity index (χ3n) is 2.54. The Morgan fingerprint density at radius 3 is 2.93 bits per heavy atom. The van der Waals surface area contributed by atoms with E-state index in [0.717, 1.165) is 32.2 Å². The van der Waals surface area contributed by atoms with E-state index in [9.17, 15) is 4.79 Å². The Morgan fingerprint density at radius 1 is 1.60 bits per heavy atom. The maximum atomic E-state index is 12.0. The summed E-state index contributed by atoms with van der Waals surface area (Å²) in [7, 11) is 0. The summed E-state index contributed by atoms with van der Waals surface area (Å²) in [5.74, 6) is 2.59. The van der Waals surface area contributed by atoms with Gasteiger partial charge in [-0.3, -0.25) is 4.79 Å². The molecule has 1 saturated heterocycles. The summed E-state index contributed by atoms with van der Waals surface area (Å²) in [6, 6.07) is 0. The Bertz CT molecular complexity index is 238. The lowest BCUT2D eigenvalue weighted by Crippen LogP contribution is -2.42. The number of amides is 1. The molecule has 0 saturated carbocycles. The molecule has 1 fully saturated rings. The number of hydrogen-bond acceptors (Lipinski definition) is 2. The first kappa shape index (κ1) is 12.1. The second-order valence-electron chi connectivity index (χ2n) is 3.82. The van der Waals surface area contributed by atoms with Crippen LogP contribution < -0.4 is 0 Å². The van der Waals surface area contributed by atoms with Crippen LogP contribution in [0, 0.1) is 12.3 Å². The SMILES string of the molecule is C#CCN(CCC)C(=O)C1CCCCO1. The van der Waals surface area contributed by atoms with E-state index in [1.54, 1.807) is 4.90 Å². The number of carbonyl (C=O) groups excluding carboxylic acids is 1. The molecule has 1 heterocycles. The van der Waals surface area contributed by atoms with E-state index in [1.807, 2.05) is 6.92 Å². The van der Waals surface area contributed by atoms with Crippen molar-refractivity contribution in [1.82, 2.24) is 4.90 Å². The molecule has 0 aromatic carbocycles. The first-order valence-electron chi connectivity index (χ1n) is 5.63. The highest BCUT2D eigenvalue weighted by atomic mass is 16.5. The Balaban J connectivity index is 2.50. The molecule has 0 spiro atoms. The lowest BCUT2D eigenvalue weighted by atomic mass is 10.1. The van der Waals surface area contributed by atoms with E-state index in [-0.39, 0.29) is 12.0 Å². The van der Waals surface area contributed by atoms with Crippen LogP contribution in [0.5, 0.6) is 0 Å². The van der Waals surface area contributed by atoms with Crippen molar-refractivity contribution in [2.24, 2.45) is 0 Å². The molecule has 0 N–H and O–H groups in total. The lowest BCUT2D eigenvalue weighted by molar-refractivity contribution is -0.145. The van der Waals surface area contributed by atoms with Crippen molar-refractivity contribution in [2.45, 2.75) is 38.7 Å². The van der Waals surface area contributed by atoms with Crippen molar-refractivity contribution in [3.05, 3.63) is 0 Å². The first-order valence-corrected chi connectivity index (χ1v) is 5.63. The molecule has 1 aliphatic heterocycles. The summed E-state index contributed by atoms with van der Waals surface area (Å²) in [6.07, 6.45) is 8.90. The Labute approximate surface area is 91.8 Å². The maximum Gasteiger partial charge on any atom is 0.252 e. The topological polar surface area (TPSA) is 29.5 Å². The van der Waals surface area contributed by atoms with Crippen LogP contribution in [0.15, 0.2) is 0 Å². The fourth-order valence-electron chi connectivity index (χ4n) is 1.79. The van der Waals surface area contributed by atoms with Gasteiger partial charge in [0.15, 0.2) is 0 Å². The van der Waals surface area contributed by atoms with E-state index in [4.69, 9.17) is 11.2 Å². The van der Waals surface area contributed by atoms with Crippen molar-refractivity contribution in [3.8, 4) is 12.3 Å². The molecule has 1 aliphatic rings. The number of carbonyl (C=O) groups is 1. The fraction of sp³-hybridized carbons (Fsp3) is 0.750. The lowest BCUT2D eigenvalue weighted by Gasteiger charge is -2.27. The smallest absolute Gasteiger partial charge is 0.252 e. The van der Waals surface area contributed by atoms with Crippen LogP contribution in [0.4, 0.5) is 0 Å². The molecule has 1 amide bonds. The van der Waals surface area contributed by atoms with Gasteiger partial charge in [0.2, 0.25) is 0 Å². The van der Waals surface area contributed by atoms with E-state index in [2.05, 4.69) is 5.92 Å². The predicted octanol–water partition coefficient (Wildman–Crippen LogP) is 1.43. The van der Waals surface area contributed by atoms with E-state index < -0.39 is 0 Å². The predicted molar refractivity (Wildman–Crippen MR) is 59.3 cm³/mol. The van der Waals surface area contributed by atoms with Crippen LogP contribution in [0.1, 0.15) is 32.6 Å². The minimum absolute atomic E-state index is 0.0644. The largest absolute Gasteiger partial charge is 0.368 e. The molecular weight excluding hydrogens is 190 g/mol. The maximum absolute atomic E-state index is 12.0. The van der Waals surface area contributed by atoms with Crippen LogP contribution in [-0.2, 0) is 9.53 Å². The molecule has 1 rings (SSSR count). The van der Waals surface area contributed by atoms with Crippen LogP contribution in [0.3, 0.4) is 0 Å². The van der Waals surface area contributed by atoms with Gasteiger partial charge in [0, 0.05) is 13.2 Å². The first-order chi connectivity index (χ1) is 7.29. The monoisotopic (exact) mass is 209 g/mol. The quantitative estimate of drug-likeness (QED) is 0.655. The van der Waals surface area contributed by atoms with Crippen molar-refractivity contribution < 1.29 is 9.53 Å². The zero-order chi connectivity index (χ0) is 11.1. The zero-order valence-corrected chi connectivity index (χ0v) is 9.37. The summed E-state index contributed by atoms with van der Waals surface area (Å²) in [6.45, 7) is 3.86. The highest BCUT2D eigenvalue weighted by Gasteiger charge is 2.25. The van der Waals surface area contributed by atoms with Crippen LogP contribution in [-0.4, -0.2) is 36.6 Å². The van der Waals surface area contributed by atoms with Crippen LogP contribution in [0.2, 0.25) is 0 Å². The van der Waals surface area contributed by atoms with Gasteiger partial charge < -0.3 is 9.64 Å². The molecule has 1 unspecified atom stereocenters. The Morgan fingerprint density at radius 2 is 2.40 bits per heavy atom. The zero-order valence-electron chi connectivity index (χ0n) is 9.37. The van der Waals surface area contributed by atoms with Gasteiger partial charge in [0.25, 0.3) is 5.91 Å². The standard InChI is InChI=1S/C12H19NO2/c1-3-8-13(9-4-2)12(14)11-7-5-6-10-15-11/h1,11H,4-10H2,2H3. The van der Waals surface area contributed by atoms with Gasteiger partial charge in [-0.15, -0.1) is 6.42 Å². The summed E-state index contributed by atoms with van der Waals surface area (Å²) in [4.78, 5) is 13.7. The number of nitrogens with zero attached hydrogens (tertiary/aromatic N) is 1. The second kappa shape index (κ2) is 6.47. The Hall–Kier alpha value is -1.01. The number of rotatable bonds is 4. The molecule has 0 aromatic rings. The van der Waals surface area contributed by atoms with E-state index >= 15 is 0 Å². The molecule has 0 radical (unpaired) electrons. The van der Waals surface area contributed by atoms with E-state index in [1.165, 1.54) is 0 Å². The van der Waals surface area contributed by atoms with Gasteiger partial charge in [-0.05, 0) is 25.7 Å². The fourth-order valence-corrected chi connectivity index (χ4v) is 1.79. The van der Waals surface area contributed by atoms with Gasteiger partial charge in [-0.1, -0.05) is 12.8 Å². The minimum atomic E-state index is -0.251. The van der Waals surface area contributed by atoms with Crippen molar-refractivity contribution >= 4 is 5.91 Å². The third-order valence-corrected chi connectivity index (χ3v) is 2.54. The molecule has 1 atom stereocenters. The van der Waals surface area contributed by atoms with Gasteiger partial charge >= 0.3 is 0 Å². The normalized spacial score (nSPS) is 20.7. The minimum Gasteiger partial charge on any atom is -0.368 e. The summed E-state index contributed by atoms with van der Waals surface area (Å²) in [5.41, 5.74) is 0. The van der Waals surface area contributed by atoms with Gasteiger partial charge in [0.05, 0.1) is 6.54 Å². The van der Waals surface area contributed by atoms with E-state index in [0.29, 0.717) is 13.2 Å². The number of hydrogen-bond donors (Lipinski definition) is 0. The molecule has 0 aromatic heterocycles. The third kappa shape index (κ3) is 3.56. The Kier molecular flexibility index (Phi) is 5.20. The molecule has 0 aliphatic carbocycles. The van der Waals surface area contributed by atoms with Crippen molar-refractivity contribution in [1.29, 1.82) is 0 Å². The summed E-state index contributed by atoms with van der Waals surface area (Å²) < 4.78 is 5.45. The molecule has 0 bridgehead atoms. The van der Waals surface area contributed by atoms with Crippen molar-refractivity contribution in [3.63, 3.8) is 0 Å². The molecule has 3 heteroatoms. The highest BCUT2D eigenvalue weighted by molar-refractivity contribution is 5.81. The van der Waals surface area contributed by atoms with Crippen LogP contribution >= 0.6 is 0 Å². The van der Waals surface area contributed by atoms with Gasteiger partial charge in [-0.25, -0.2) is 0 Å².